The van der Waals surface area contributed by atoms with Crippen molar-refractivity contribution in [3.8, 4) is 5.75 Å². The lowest BCUT2D eigenvalue weighted by Crippen LogP contribution is -2.20. The van der Waals surface area contributed by atoms with Crippen LogP contribution in [0.15, 0.2) is 18.2 Å². The van der Waals surface area contributed by atoms with Crippen LogP contribution in [-0.4, -0.2) is 26.2 Å². The molecule has 5 heteroatoms. The molecule has 0 radical (unpaired) electrons. The molecule has 0 aromatic heterocycles. The second-order valence-electron chi connectivity index (χ2n) is 4.89. The number of hydrogen-bond acceptors (Lipinski definition) is 4. The maximum absolute atomic E-state index is 13.4. The van der Waals surface area contributed by atoms with Crippen LogP contribution in [0.2, 0.25) is 0 Å². The lowest BCUT2D eigenvalue weighted by atomic mass is 10.1. The van der Waals surface area contributed by atoms with E-state index in [-0.39, 0.29) is 17.8 Å². The Kier molecular flexibility index (Phi) is 7.75. The molecule has 1 atom stereocenters. The van der Waals surface area contributed by atoms with Gasteiger partial charge in [0.15, 0.2) is 0 Å². The van der Waals surface area contributed by atoms with Crippen molar-refractivity contribution in [1.29, 1.82) is 0 Å². The monoisotopic (exact) mass is 297 g/mol. The van der Waals surface area contributed by atoms with Gasteiger partial charge in [-0.25, -0.2) is 4.39 Å². The number of methoxy groups -OCH3 is 1. The summed E-state index contributed by atoms with van der Waals surface area (Å²) >= 11 is 0. The molecule has 1 N–H and O–H groups in total. The van der Waals surface area contributed by atoms with Crippen molar-refractivity contribution in [2.24, 2.45) is 0 Å². The summed E-state index contributed by atoms with van der Waals surface area (Å²) in [5, 5.41) is 3.31. The summed E-state index contributed by atoms with van der Waals surface area (Å²) in [6.07, 6.45) is 1.89. The number of nitrogens with one attached hydrogen (secondary N) is 1. The fraction of sp³-hybridized carbons (Fsp3) is 0.562. The van der Waals surface area contributed by atoms with Crippen molar-refractivity contribution in [3.63, 3.8) is 0 Å². The maximum atomic E-state index is 13.4. The van der Waals surface area contributed by atoms with Crippen LogP contribution in [0.3, 0.4) is 0 Å². The Balaban J connectivity index is 2.61. The van der Waals surface area contributed by atoms with Crippen LogP contribution in [0.5, 0.6) is 5.75 Å². The summed E-state index contributed by atoms with van der Waals surface area (Å²) in [6, 6.07) is 4.51. The first-order valence-electron chi connectivity index (χ1n) is 7.31. The standard InChI is InChI=1S/C16H24FNO3/c1-4-9-18-12(2)14-11-13(17)7-8-15(14)21-10-5-6-16(19)20-3/h7-8,11-12,18H,4-6,9-10H2,1-3H3. The van der Waals surface area contributed by atoms with E-state index < -0.39 is 0 Å². The Bertz CT molecular complexity index is 451. The Morgan fingerprint density at radius 3 is 2.86 bits per heavy atom. The van der Waals surface area contributed by atoms with Gasteiger partial charge in [-0.2, -0.15) is 0 Å². The molecular weight excluding hydrogens is 273 g/mol. The minimum absolute atomic E-state index is 0.0104. The third-order valence-electron chi connectivity index (χ3n) is 3.15. The van der Waals surface area contributed by atoms with Crippen LogP contribution in [0.25, 0.3) is 0 Å². The van der Waals surface area contributed by atoms with Crippen molar-refractivity contribution < 1.29 is 18.7 Å². The predicted molar refractivity (Wildman–Crippen MR) is 79.9 cm³/mol. The smallest absolute Gasteiger partial charge is 0.305 e. The SMILES string of the molecule is CCCNC(C)c1cc(F)ccc1OCCCC(=O)OC. The molecule has 0 aliphatic rings. The third-order valence-corrected chi connectivity index (χ3v) is 3.15. The molecule has 1 aromatic carbocycles. The second kappa shape index (κ2) is 9.34. The van der Waals surface area contributed by atoms with E-state index in [2.05, 4.69) is 17.0 Å². The molecule has 4 nitrogen and oxygen atoms in total. The van der Waals surface area contributed by atoms with E-state index in [1.165, 1.54) is 19.2 Å². The van der Waals surface area contributed by atoms with Gasteiger partial charge in [0.05, 0.1) is 13.7 Å². The van der Waals surface area contributed by atoms with Gasteiger partial charge in [0.1, 0.15) is 11.6 Å². The highest BCUT2D eigenvalue weighted by atomic mass is 19.1. The Morgan fingerprint density at radius 2 is 2.19 bits per heavy atom. The average Bonchev–Trinajstić information content (AvgIpc) is 2.49. The molecule has 0 saturated heterocycles. The zero-order valence-corrected chi connectivity index (χ0v) is 12.9. The molecule has 0 bridgehead atoms. The summed E-state index contributed by atoms with van der Waals surface area (Å²) in [5.74, 6) is 0.116. The van der Waals surface area contributed by atoms with Crippen molar-refractivity contribution in [2.45, 2.75) is 39.2 Å². The normalized spacial score (nSPS) is 12.0. The van der Waals surface area contributed by atoms with Gasteiger partial charge < -0.3 is 14.8 Å². The van der Waals surface area contributed by atoms with E-state index in [9.17, 15) is 9.18 Å². The zero-order valence-electron chi connectivity index (χ0n) is 12.9. The average molecular weight is 297 g/mol. The quantitative estimate of drug-likeness (QED) is 0.561. The number of carbonyl (C=O) groups excluding carboxylic acids is 1. The minimum Gasteiger partial charge on any atom is -0.493 e. The molecule has 21 heavy (non-hydrogen) atoms. The van der Waals surface area contributed by atoms with E-state index in [0.29, 0.717) is 25.2 Å². The lowest BCUT2D eigenvalue weighted by Gasteiger charge is -2.18. The van der Waals surface area contributed by atoms with Gasteiger partial charge in [-0.3, -0.25) is 4.79 Å². The highest BCUT2D eigenvalue weighted by Crippen LogP contribution is 2.26. The van der Waals surface area contributed by atoms with Crippen molar-refractivity contribution in [2.75, 3.05) is 20.3 Å². The maximum Gasteiger partial charge on any atom is 0.305 e. The molecule has 0 heterocycles. The fourth-order valence-electron chi connectivity index (χ4n) is 1.96. The number of benzene rings is 1. The number of halogens is 1. The molecule has 0 fully saturated rings. The minimum atomic E-state index is -0.281. The van der Waals surface area contributed by atoms with Gasteiger partial charge in [0.25, 0.3) is 0 Å². The summed E-state index contributed by atoms with van der Waals surface area (Å²) in [7, 11) is 1.36. The summed E-state index contributed by atoms with van der Waals surface area (Å²) in [5.41, 5.74) is 0.793. The molecule has 0 saturated carbocycles. The van der Waals surface area contributed by atoms with Gasteiger partial charge in [0, 0.05) is 18.0 Å². The van der Waals surface area contributed by atoms with Gasteiger partial charge in [-0.05, 0) is 44.5 Å². The topological polar surface area (TPSA) is 47.6 Å². The van der Waals surface area contributed by atoms with Crippen LogP contribution in [-0.2, 0) is 9.53 Å². The van der Waals surface area contributed by atoms with Gasteiger partial charge in [-0.15, -0.1) is 0 Å². The molecule has 0 aliphatic heterocycles. The predicted octanol–water partition coefficient (Wildman–Crippen LogP) is 3.22. The Morgan fingerprint density at radius 1 is 1.43 bits per heavy atom. The fourth-order valence-corrected chi connectivity index (χ4v) is 1.96. The summed E-state index contributed by atoms with van der Waals surface area (Å²) < 4.78 is 23.7. The van der Waals surface area contributed by atoms with E-state index in [4.69, 9.17) is 4.74 Å². The van der Waals surface area contributed by atoms with E-state index in [1.54, 1.807) is 6.07 Å². The van der Waals surface area contributed by atoms with Gasteiger partial charge in [-0.1, -0.05) is 6.92 Å². The first-order chi connectivity index (χ1) is 10.1. The number of ether oxygens (including phenoxy) is 2. The van der Waals surface area contributed by atoms with Crippen LogP contribution in [0.1, 0.15) is 44.7 Å². The van der Waals surface area contributed by atoms with Crippen molar-refractivity contribution in [1.82, 2.24) is 5.32 Å². The van der Waals surface area contributed by atoms with Crippen LogP contribution >= 0.6 is 0 Å². The van der Waals surface area contributed by atoms with E-state index in [1.807, 2.05) is 6.92 Å². The highest BCUT2D eigenvalue weighted by Gasteiger charge is 2.12. The van der Waals surface area contributed by atoms with Crippen LogP contribution < -0.4 is 10.1 Å². The number of esters is 1. The summed E-state index contributed by atoms with van der Waals surface area (Å²) in [4.78, 5) is 11.0. The molecule has 1 rings (SSSR count). The molecule has 0 spiro atoms. The molecular formula is C16H24FNO3. The second-order valence-corrected chi connectivity index (χ2v) is 4.89. The number of hydrogen-bond donors (Lipinski definition) is 1. The van der Waals surface area contributed by atoms with Crippen LogP contribution in [0.4, 0.5) is 4.39 Å². The first kappa shape index (κ1) is 17.4. The van der Waals surface area contributed by atoms with E-state index in [0.717, 1.165) is 18.5 Å². The first-order valence-corrected chi connectivity index (χ1v) is 7.31. The number of rotatable bonds is 9. The van der Waals surface area contributed by atoms with Crippen molar-refractivity contribution in [3.05, 3.63) is 29.6 Å². The van der Waals surface area contributed by atoms with Crippen molar-refractivity contribution >= 4 is 5.97 Å². The third kappa shape index (κ3) is 6.12. The zero-order chi connectivity index (χ0) is 15.7. The molecule has 1 aromatic rings. The molecule has 118 valence electrons. The van der Waals surface area contributed by atoms with Gasteiger partial charge >= 0.3 is 5.97 Å². The Hall–Kier alpha value is -1.62. The number of carbonyl (C=O) groups is 1. The molecule has 0 aliphatic carbocycles. The molecule has 0 amide bonds. The summed E-state index contributed by atoms with van der Waals surface area (Å²) in [6.45, 7) is 5.31. The molecule has 1 unspecified atom stereocenters. The highest BCUT2D eigenvalue weighted by molar-refractivity contribution is 5.69. The lowest BCUT2D eigenvalue weighted by molar-refractivity contribution is -0.140. The van der Waals surface area contributed by atoms with E-state index >= 15 is 0 Å². The van der Waals surface area contributed by atoms with Crippen LogP contribution in [0, 0.1) is 5.82 Å². The largest absolute Gasteiger partial charge is 0.493 e. The Labute approximate surface area is 125 Å². The van der Waals surface area contributed by atoms with Gasteiger partial charge in [0.2, 0.25) is 0 Å².